The fourth-order valence-electron chi connectivity index (χ4n) is 2.78. The lowest BCUT2D eigenvalue weighted by molar-refractivity contribution is -0.127. The molecule has 2 N–H and O–H groups in total. The van der Waals surface area contributed by atoms with Crippen LogP contribution in [0.4, 0.5) is 0 Å². The number of nitrogens with one attached hydrogen (secondary N) is 2. The number of rotatable bonds is 9. The summed E-state index contributed by atoms with van der Waals surface area (Å²) in [5.74, 6) is 1.96. The van der Waals surface area contributed by atoms with Crippen LogP contribution >= 0.6 is 0 Å². The van der Waals surface area contributed by atoms with Gasteiger partial charge in [-0.25, -0.2) is 0 Å². The number of carbonyl (C=O) groups excluding carboxylic acids is 1. The number of nitrogens with zero attached hydrogens (tertiary/aromatic N) is 2. The Hall–Kier alpha value is -2.24. The molecule has 0 unspecified atom stereocenters. The molecular formula is C19H30N4O2. The number of hydrogen-bond donors (Lipinski definition) is 2. The zero-order valence-corrected chi connectivity index (χ0v) is 15.4. The van der Waals surface area contributed by atoms with Gasteiger partial charge < -0.3 is 20.3 Å². The van der Waals surface area contributed by atoms with Crippen molar-refractivity contribution in [3.8, 4) is 5.75 Å². The van der Waals surface area contributed by atoms with Crippen LogP contribution < -0.4 is 15.4 Å². The Morgan fingerprint density at radius 3 is 2.96 bits per heavy atom. The minimum Gasteiger partial charge on any atom is -0.492 e. The molecule has 0 aliphatic carbocycles. The third kappa shape index (κ3) is 7.03. The third-order valence-electron chi connectivity index (χ3n) is 4.02. The lowest BCUT2D eigenvalue weighted by Gasteiger charge is -2.15. The Bertz CT molecular complexity index is 574. The molecule has 1 fully saturated rings. The first-order valence-electron chi connectivity index (χ1n) is 9.18. The summed E-state index contributed by atoms with van der Waals surface area (Å²) in [5.41, 5.74) is 1.19. The molecule has 0 atom stereocenters. The second kappa shape index (κ2) is 10.6. The van der Waals surface area contributed by atoms with Gasteiger partial charge in [0.25, 0.3) is 0 Å². The molecule has 6 nitrogen and oxygen atoms in total. The van der Waals surface area contributed by atoms with Gasteiger partial charge in [0.15, 0.2) is 5.96 Å². The van der Waals surface area contributed by atoms with E-state index in [-0.39, 0.29) is 5.91 Å². The highest BCUT2D eigenvalue weighted by Crippen LogP contribution is 2.11. The molecule has 6 heteroatoms. The van der Waals surface area contributed by atoms with Crippen molar-refractivity contribution in [3.63, 3.8) is 0 Å². The van der Waals surface area contributed by atoms with Crippen LogP contribution in [-0.2, 0) is 4.79 Å². The van der Waals surface area contributed by atoms with Gasteiger partial charge in [-0.2, -0.15) is 0 Å². The van der Waals surface area contributed by atoms with Gasteiger partial charge in [0.05, 0.1) is 6.54 Å². The second-order valence-corrected chi connectivity index (χ2v) is 6.19. The van der Waals surface area contributed by atoms with Crippen LogP contribution in [0.1, 0.15) is 31.7 Å². The molecule has 1 aliphatic heterocycles. The number of guanidine groups is 1. The quantitative estimate of drug-likeness (QED) is 0.407. The van der Waals surface area contributed by atoms with E-state index in [4.69, 9.17) is 4.74 Å². The largest absolute Gasteiger partial charge is 0.492 e. The molecule has 1 aliphatic rings. The second-order valence-electron chi connectivity index (χ2n) is 6.19. The fourth-order valence-corrected chi connectivity index (χ4v) is 2.78. The molecule has 1 aromatic carbocycles. The first-order valence-corrected chi connectivity index (χ1v) is 9.18. The highest BCUT2D eigenvalue weighted by molar-refractivity contribution is 5.79. The standard InChI is InChI=1S/C19H30N4O2/c1-3-20-19(21-10-6-13-23-12-5-9-18(23)24)22-11-14-25-17-8-4-7-16(2)15-17/h4,7-8,15H,3,5-6,9-14H2,1-2H3,(H2,20,21,22). The minimum atomic E-state index is 0.280. The summed E-state index contributed by atoms with van der Waals surface area (Å²) in [6.07, 6.45) is 2.59. The van der Waals surface area contributed by atoms with Crippen LogP contribution in [0.5, 0.6) is 5.75 Å². The summed E-state index contributed by atoms with van der Waals surface area (Å²) < 4.78 is 5.73. The highest BCUT2D eigenvalue weighted by atomic mass is 16.5. The van der Waals surface area contributed by atoms with E-state index in [1.165, 1.54) is 5.56 Å². The van der Waals surface area contributed by atoms with Crippen LogP contribution in [0, 0.1) is 6.92 Å². The number of hydrogen-bond acceptors (Lipinski definition) is 3. The van der Waals surface area contributed by atoms with Crippen molar-refractivity contribution in [1.29, 1.82) is 0 Å². The number of aliphatic imine (C=N–C) groups is 1. The normalized spacial score (nSPS) is 14.7. The molecule has 0 saturated carbocycles. The van der Waals surface area contributed by atoms with E-state index in [0.29, 0.717) is 26.1 Å². The molecule has 0 bridgehead atoms. The van der Waals surface area contributed by atoms with Crippen molar-refractivity contribution in [1.82, 2.24) is 15.5 Å². The fraction of sp³-hybridized carbons (Fsp3) is 0.579. The van der Waals surface area contributed by atoms with Gasteiger partial charge in [-0.1, -0.05) is 12.1 Å². The number of benzene rings is 1. The minimum absolute atomic E-state index is 0.280. The molecule has 2 rings (SSSR count). The van der Waals surface area contributed by atoms with E-state index in [0.717, 1.165) is 44.2 Å². The molecule has 138 valence electrons. The van der Waals surface area contributed by atoms with Crippen LogP contribution in [0.15, 0.2) is 29.3 Å². The molecule has 0 spiro atoms. The van der Waals surface area contributed by atoms with E-state index in [1.54, 1.807) is 0 Å². The average molecular weight is 346 g/mol. The van der Waals surface area contributed by atoms with Crippen LogP contribution in [0.3, 0.4) is 0 Å². The van der Waals surface area contributed by atoms with Gasteiger partial charge in [-0.15, -0.1) is 0 Å². The lowest BCUT2D eigenvalue weighted by Crippen LogP contribution is -2.39. The first kappa shape index (κ1) is 19.1. The predicted molar refractivity (Wildman–Crippen MR) is 101 cm³/mol. The van der Waals surface area contributed by atoms with Crippen molar-refractivity contribution in [2.45, 2.75) is 33.1 Å². The lowest BCUT2D eigenvalue weighted by atomic mass is 10.2. The number of carbonyl (C=O) groups is 1. The molecule has 1 saturated heterocycles. The maximum Gasteiger partial charge on any atom is 0.222 e. The maximum atomic E-state index is 11.6. The SMILES string of the molecule is CCNC(=NCCCN1CCCC1=O)NCCOc1cccc(C)c1. The van der Waals surface area contributed by atoms with Gasteiger partial charge in [0.1, 0.15) is 12.4 Å². The maximum absolute atomic E-state index is 11.6. The summed E-state index contributed by atoms with van der Waals surface area (Å²) in [4.78, 5) is 18.1. The van der Waals surface area contributed by atoms with Gasteiger partial charge in [0.2, 0.25) is 5.91 Å². The molecular weight excluding hydrogens is 316 g/mol. The number of aryl methyl sites for hydroxylation is 1. The number of likely N-dealkylation sites (tertiary alicyclic amines) is 1. The highest BCUT2D eigenvalue weighted by Gasteiger charge is 2.18. The number of ether oxygens (including phenoxy) is 1. The van der Waals surface area contributed by atoms with E-state index >= 15 is 0 Å². The van der Waals surface area contributed by atoms with Gasteiger partial charge in [-0.05, 0) is 44.4 Å². The number of amides is 1. The van der Waals surface area contributed by atoms with Crippen molar-refractivity contribution < 1.29 is 9.53 Å². The third-order valence-corrected chi connectivity index (χ3v) is 4.02. The Labute approximate surface area is 150 Å². The molecule has 1 aromatic rings. The van der Waals surface area contributed by atoms with Crippen molar-refractivity contribution in [3.05, 3.63) is 29.8 Å². The van der Waals surface area contributed by atoms with Gasteiger partial charge in [-0.3, -0.25) is 9.79 Å². The van der Waals surface area contributed by atoms with Crippen LogP contribution in [0.25, 0.3) is 0 Å². The monoisotopic (exact) mass is 346 g/mol. The van der Waals surface area contributed by atoms with Gasteiger partial charge >= 0.3 is 0 Å². The summed E-state index contributed by atoms with van der Waals surface area (Å²) in [6.45, 7) is 8.59. The zero-order valence-electron chi connectivity index (χ0n) is 15.4. The van der Waals surface area contributed by atoms with E-state index in [9.17, 15) is 4.79 Å². The summed E-state index contributed by atoms with van der Waals surface area (Å²) in [6, 6.07) is 8.04. The van der Waals surface area contributed by atoms with E-state index < -0.39 is 0 Å². The molecule has 0 aromatic heterocycles. The smallest absolute Gasteiger partial charge is 0.222 e. The Kier molecular flexibility index (Phi) is 8.09. The molecule has 0 radical (unpaired) electrons. The Morgan fingerprint density at radius 1 is 1.36 bits per heavy atom. The molecule has 1 amide bonds. The topological polar surface area (TPSA) is 66.0 Å². The van der Waals surface area contributed by atoms with E-state index in [1.807, 2.05) is 30.0 Å². The summed E-state index contributed by atoms with van der Waals surface area (Å²) in [5, 5.41) is 6.51. The van der Waals surface area contributed by atoms with E-state index in [2.05, 4.69) is 28.6 Å². The Balaban J connectivity index is 1.65. The van der Waals surface area contributed by atoms with Crippen molar-refractivity contribution in [2.75, 3.05) is 39.3 Å². The zero-order chi connectivity index (χ0) is 17.9. The average Bonchev–Trinajstić information content (AvgIpc) is 3.00. The molecule has 1 heterocycles. The molecule has 25 heavy (non-hydrogen) atoms. The predicted octanol–water partition coefficient (Wildman–Crippen LogP) is 1.94. The van der Waals surface area contributed by atoms with Gasteiger partial charge in [0, 0.05) is 32.6 Å². The first-order chi connectivity index (χ1) is 12.2. The Morgan fingerprint density at radius 2 is 2.24 bits per heavy atom. The van der Waals surface area contributed by atoms with Crippen molar-refractivity contribution >= 4 is 11.9 Å². The van der Waals surface area contributed by atoms with Crippen LogP contribution in [0.2, 0.25) is 0 Å². The summed E-state index contributed by atoms with van der Waals surface area (Å²) in [7, 11) is 0. The summed E-state index contributed by atoms with van der Waals surface area (Å²) >= 11 is 0. The van der Waals surface area contributed by atoms with Crippen LogP contribution in [-0.4, -0.2) is 56.1 Å². The van der Waals surface area contributed by atoms with Crippen molar-refractivity contribution in [2.24, 2.45) is 4.99 Å².